The smallest absolute Gasteiger partial charge is 0.159 e. The highest BCUT2D eigenvalue weighted by atomic mass is 16.1. The molecule has 0 aliphatic carbocycles. The lowest BCUT2D eigenvalue weighted by molar-refractivity contribution is 0.101. The predicted octanol–water partition coefficient (Wildman–Crippen LogP) is 2.42. The summed E-state index contributed by atoms with van der Waals surface area (Å²) in [4.78, 5) is 16.1. The third kappa shape index (κ3) is 2.72. The fraction of sp³-hybridized carbons (Fsp3) is 0.533. The molecule has 1 aliphatic heterocycles. The monoisotopic (exact) mass is 246 g/mol. The number of benzene rings is 1. The van der Waals surface area contributed by atoms with Gasteiger partial charge in [0.15, 0.2) is 5.78 Å². The molecule has 1 saturated heterocycles. The quantitative estimate of drug-likeness (QED) is 0.765. The van der Waals surface area contributed by atoms with Crippen molar-refractivity contribution in [2.24, 2.45) is 0 Å². The van der Waals surface area contributed by atoms with Gasteiger partial charge in [0, 0.05) is 36.9 Å². The Bertz CT molecular complexity index is 413. The second-order valence-electron chi connectivity index (χ2n) is 5.09. The third-order valence-corrected chi connectivity index (χ3v) is 3.89. The molecule has 1 aromatic carbocycles. The molecule has 0 spiro atoms. The molecular weight excluding hydrogens is 224 g/mol. The van der Waals surface area contributed by atoms with Gasteiger partial charge in [-0.25, -0.2) is 0 Å². The van der Waals surface area contributed by atoms with Crippen LogP contribution in [0.25, 0.3) is 0 Å². The Morgan fingerprint density at radius 2 is 1.94 bits per heavy atom. The standard InChI is InChI=1S/C15H22N2O/c1-4-14-11-17(10-9-16(14)3)15-7-5-13(6-8-15)12(2)18/h5-8,14H,4,9-11H2,1-3H3. The highest BCUT2D eigenvalue weighted by Crippen LogP contribution is 2.20. The minimum Gasteiger partial charge on any atom is -0.369 e. The molecule has 18 heavy (non-hydrogen) atoms. The van der Waals surface area contributed by atoms with Gasteiger partial charge in [0.2, 0.25) is 0 Å². The predicted molar refractivity (Wildman–Crippen MR) is 75.4 cm³/mol. The van der Waals surface area contributed by atoms with Crippen LogP contribution in [0.5, 0.6) is 0 Å². The van der Waals surface area contributed by atoms with Crippen molar-refractivity contribution in [3.8, 4) is 0 Å². The summed E-state index contributed by atoms with van der Waals surface area (Å²) < 4.78 is 0. The first-order chi connectivity index (χ1) is 8.61. The zero-order valence-electron chi connectivity index (χ0n) is 11.5. The Labute approximate surface area is 109 Å². The molecule has 1 aliphatic rings. The summed E-state index contributed by atoms with van der Waals surface area (Å²) in [5, 5.41) is 0. The van der Waals surface area contributed by atoms with E-state index >= 15 is 0 Å². The van der Waals surface area contributed by atoms with Crippen LogP contribution in [0.4, 0.5) is 5.69 Å². The Morgan fingerprint density at radius 1 is 1.28 bits per heavy atom. The van der Waals surface area contributed by atoms with Crippen LogP contribution in [0.1, 0.15) is 30.6 Å². The van der Waals surface area contributed by atoms with Gasteiger partial charge in [0.05, 0.1) is 0 Å². The van der Waals surface area contributed by atoms with Crippen molar-refractivity contribution in [3.63, 3.8) is 0 Å². The van der Waals surface area contributed by atoms with Crippen molar-refractivity contribution in [1.29, 1.82) is 0 Å². The second-order valence-corrected chi connectivity index (χ2v) is 5.09. The molecule has 3 heteroatoms. The van der Waals surface area contributed by atoms with Gasteiger partial charge in [0.25, 0.3) is 0 Å². The average molecular weight is 246 g/mol. The van der Waals surface area contributed by atoms with E-state index in [1.54, 1.807) is 6.92 Å². The van der Waals surface area contributed by atoms with Gasteiger partial charge in [-0.05, 0) is 44.7 Å². The van der Waals surface area contributed by atoms with Crippen LogP contribution < -0.4 is 4.90 Å². The number of hydrogen-bond acceptors (Lipinski definition) is 3. The molecule has 0 N–H and O–H groups in total. The van der Waals surface area contributed by atoms with Crippen molar-refractivity contribution in [3.05, 3.63) is 29.8 Å². The first kappa shape index (κ1) is 13.1. The van der Waals surface area contributed by atoms with Crippen molar-refractivity contribution in [2.75, 3.05) is 31.6 Å². The normalized spacial score (nSPS) is 21.1. The van der Waals surface area contributed by atoms with Crippen LogP contribution in [0.2, 0.25) is 0 Å². The van der Waals surface area contributed by atoms with Crippen LogP contribution in [-0.4, -0.2) is 43.4 Å². The number of Topliss-reactive ketones (excluding diaryl/α,β-unsaturated/α-hetero) is 1. The number of rotatable bonds is 3. The molecule has 0 aromatic heterocycles. The highest BCUT2D eigenvalue weighted by molar-refractivity contribution is 5.94. The molecule has 1 aromatic rings. The van der Waals surface area contributed by atoms with Crippen molar-refractivity contribution in [1.82, 2.24) is 4.90 Å². The fourth-order valence-electron chi connectivity index (χ4n) is 2.53. The van der Waals surface area contributed by atoms with Crippen LogP contribution in [-0.2, 0) is 0 Å². The minimum atomic E-state index is 0.131. The van der Waals surface area contributed by atoms with E-state index in [-0.39, 0.29) is 5.78 Å². The van der Waals surface area contributed by atoms with Gasteiger partial charge in [-0.3, -0.25) is 9.69 Å². The lowest BCUT2D eigenvalue weighted by Crippen LogP contribution is -2.51. The van der Waals surface area contributed by atoms with E-state index in [1.165, 1.54) is 12.1 Å². The summed E-state index contributed by atoms with van der Waals surface area (Å²) in [5.41, 5.74) is 2.02. The Kier molecular flexibility index (Phi) is 4.02. The summed E-state index contributed by atoms with van der Waals surface area (Å²) >= 11 is 0. The SMILES string of the molecule is CCC1CN(c2ccc(C(C)=O)cc2)CCN1C. The molecule has 98 valence electrons. The molecule has 1 atom stereocenters. The number of piperazine rings is 1. The minimum absolute atomic E-state index is 0.131. The van der Waals surface area contributed by atoms with Gasteiger partial charge in [-0.2, -0.15) is 0 Å². The van der Waals surface area contributed by atoms with Gasteiger partial charge in [0.1, 0.15) is 0 Å². The molecule has 0 radical (unpaired) electrons. The number of likely N-dealkylation sites (N-methyl/N-ethyl adjacent to an activating group) is 1. The molecule has 0 saturated carbocycles. The molecule has 0 amide bonds. The molecule has 3 nitrogen and oxygen atoms in total. The summed E-state index contributed by atoms with van der Waals surface area (Å²) in [7, 11) is 2.20. The topological polar surface area (TPSA) is 23.6 Å². The number of hydrogen-bond donors (Lipinski definition) is 0. The third-order valence-electron chi connectivity index (χ3n) is 3.89. The van der Waals surface area contributed by atoms with Crippen molar-refractivity contribution < 1.29 is 4.79 Å². The number of anilines is 1. The summed E-state index contributed by atoms with van der Waals surface area (Å²) in [6.45, 7) is 7.09. The maximum atomic E-state index is 11.3. The van der Waals surface area contributed by atoms with E-state index < -0.39 is 0 Å². The van der Waals surface area contributed by atoms with Gasteiger partial charge >= 0.3 is 0 Å². The number of carbonyl (C=O) groups is 1. The van der Waals surface area contributed by atoms with E-state index in [0.29, 0.717) is 6.04 Å². The highest BCUT2D eigenvalue weighted by Gasteiger charge is 2.22. The van der Waals surface area contributed by atoms with Crippen molar-refractivity contribution in [2.45, 2.75) is 26.3 Å². The lowest BCUT2D eigenvalue weighted by Gasteiger charge is -2.40. The lowest BCUT2D eigenvalue weighted by atomic mass is 10.1. The van der Waals surface area contributed by atoms with E-state index in [2.05, 4.69) is 35.9 Å². The van der Waals surface area contributed by atoms with Crippen LogP contribution >= 0.6 is 0 Å². The van der Waals surface area contributed by atoms with E-state index in [9.17, 15) is 4.79 Å². The first-order valence-corrected chi connectivity index (χ1v) is 6.68. The Morgan fingerprint density at radius 3 is 2.50 bits per heavy atom. The maximum absolute atomic E-state index is 11.3. The average Bonchev–Trinajstić information content (AvgIpc) is 2.39. The largest absolute Gasteiger partial charge is 0.369 e. The van der Waals surface area contributed by atoms with Crippen LogP contribution in [0.15, 0.2) is 24.3 Å². The Balaban J connectivity index is 2.09. The summed E-state index contributed by atoms with van der Waals surface area (Å²) in [5.74, 6) is 0.131. The number of nitrogens with zero attached hydrogens (tertiary/aromatic N) is 2. The zero-order chi connectivity index (χ0) is 13.1. The molecule has 2 rings (SSSR count). The molecule has 0 bridgehead atoms. The summed E-state index contributed by atoms with van der Waals surface area (Å²) in [6, 6.07) is 8.61. The van der Waals surface area contributed by atoms with Crippen LogP contribution in [0.3, 0.4) is 0 Å². The maximum Gasteiger partial charge on any atom is 0.159 e. The van der Waals surface area contributed by atoms with Gasteiger partial charge in [-0.15, -0.1) is 0 Å². The first-order valence-electron chi connectivity index (χ1n) is 6.68. The van der Waals surface area contributed by atoms with E-state index in [4.69, 9.17) is 0 Å². The second kappa shape index (κ2) is 5.53. The molecular formula is C15H22N2O. The molecule has 1 heterocycles. The van der Waals surface area contributed by atoms with Gasteiger partial charge in [-0.1, -0.05) is 6.92 Å². The Hall–Kier alpha value is -1.35. The van der Waals surface area contributed by atoms with Crippen molar-refractivity contribution >= 4 is 11.5 Å². The van der Waals surface area contributed by atoms with Gasteiger partial charge < -0.3 is 4.90 Å². The van der Waals surface area contributed by atoms with Crippen LogP contribution in [0, 0.1) is 0 Å². The zero-order valence-corrected chi connectivity index (χ0v) is 11.5. The number of ketones is 1. The van der Waals surface area contributed by atoms with E-state index in [0.717, 1.165) is 25.2 Å². The summed E-state index contributed by atoms with van der Waals surface area (Å²) in [6.07, 6.45) is 1.18. The fourth-order valence-corrected chi connectivity index (χ4v) is 2.53. The molecule has 1 unspecified atom stereocenters. The van der Waals surface area contributed by atoms with E-state index in [1.807, 2.05) is 12.1 Å². The number of carbonyl (C=O) groups excluding carboxylic acids is 1. The molecule has 1 fully saturated rings.